The van der Waals surface area contributed by atoms with Crippen molar-refractivity contribution in [2.24, 2.45) is 5.92 Å². The fourth-order valence-electron chi connectivity index (χ4n) is 2.33. The summed E-state index contributed by atoms with van der Waals surface area (Å²) in [4.78, 5) is 14.4. The predicted molar refractivity (Wildman–Crippen MR) is 85.9 cm³/mol. The monoisotopic (exact) mass is 287 g/mol. The maximum absolute atomic E-state index is 12.3. The van der Waals surface area contributed by atoms with Gasteiger partial charge in [-0.3, -0.25) is 9.69 Å². The molecule has 1 rings (SSSR count). The van der Waals surface area contributed by atoms with Gasteiger partial charge in [0.25, 0.3) is 0 Å². The highest BCUT2D eigenvalue weighted by Gasteiger charge is 2.22. The molecule has 21 heavy (non-hydrogen) atoms. The first-order valence-electron chi connectivity index (χ1n) is 7.38. The summed E-state index contributed by atoms with van der Waals surface area (Å²) in [5.41, 5.74) is 1.21. The van der Waals surface area contributed by atoms with Crippen molar-refractivity contribution in [3.63, 3.8) is 0 Å². The first-order chi connectivity index (χ1) is 9.85. The van der Waals surface area contributed by atoms with Crippen molar-refractivity contribution in [1.82, 2.24) is 4.90 Å². The molecule has 0 aliphatic rings. The van der Waals surface area contributed by atoms with Gasteiger partial charge in [0, 0.05) is 11.7 Å². The van der Waals surface area contributed by atoms with E-state index in [-0.39, 0.29) is 11.9 Å². The van der Waals surface area contributed by atoms with E-state index >= 15 is 0 Å². The highest BCUT2D eigenvalue weighted by Crippen LogP contribution is 2.15. The molecule has 0 saturated heterocycles. The summed E-state index contributed by atoms with van der Waals surface area (Å²) in [6.45, 7) is 8.41. The van der Waals surface area contributed by atoms with Gasteiger partial charge in [-0.15, -0.1) is 0 Å². The Kier molecular flexibility index (Phi) is 6.39. The van der Waals surface area contributed by atoms with Crippen LogP contribution in [0, 0.1) is 17.2 Å². The molecular weight excluding hydrogens is 262 g/mol. The van der Waals surface area contributed by atoms with Crippen LogP contribution in [0.3, 0.4) is 0 Å². The third-order valence-electron chi connectivity index (χ3n) is 3.76. The molecule has 0 aliphatic carbocycles. The Labute approximate surface area is 127 Å². The van der Waals surface area contributed by atoms with Crippen molar-refractivity contribution in [2.75, 3.05) is 12.4 Å². The van der Waals surface area contributed by atoms with Gasteiger partial charge < -0.3 is 5.32 Å². The number of nitrogens with zero attached hydrogens (tertiary/aromatic N) is 2. The molecule has 1 amide bonds. The van der Waals surface area contributed by atoms with Crippen LogP contribution in [0.25, 0.3) is 0 Å². The smallest absolute Gasteiger partial charge is 0.241 e. The summed E-state index contributed by atoms with van der Waals surface area (Å²) in [7, 11) is 1.98. The molecule has 0 aliphatic heterocycles. The maximum atomic E-state index is 12.3. The third kappa shape index (κ3) is 5.20. The van der Waals surface area contributed by atoms with E-state index in [1.165, 1.54) is 0 Å². The average molecular weight is 287 g/mol. The number of anilines is 1. The summed E-state index contributed by atoms with van der Waals surface area (Å²) in [5.74, 6) is 0.549. The maximum Gasteiger partial charge on any atom is 0.241 e. The molecule has 0 bridgehead atoms. The van der Waals surface area contributed by atoms with Crippen LogP contribution >= 0.6 is 0 Å². The molecule has 114 valence electrons. The van der Waals surface area contributed by atoms with Crippen LogP contribution in [0.2, 0.25) is 0 Å². The van der Waals surface area contributed by atoms with Crippen molar-refractivity contribution in [2.45, 2.75) is 46.2 Å². The third-order valence-corrected chi connectivity index (χ3v) is 3.76. The van der Waals surface area contributed by atoms with E-state index in [0.717, 1.165) is 6.42 Å². The largest absolute Gasteiger partial charge is 0.325 e. The van der Waals surface area contributed by atoms with Gasteiger partial charge in [-0.25, -0.2) is 0 Å². The summed E-state index contributed by atoms with van der Waals surface area (Å²) in [6.07, 6.45) is 1.05. The lowest BCUT2D eigenvalue weighted by Crippen LogP contribution is -2.44. The molecule has 0 heterocycles. The van der Waals surface area contributed by atoms with Crippen LogP contribution in [0.1, 0.15) is 39.7 Å². The second kappa shape index (κ2) is 7.80. The number of benzene rings is 1. The van der Waals surface area contributed by atoms with E-state index in [2.05, 4.69) is 37.1 Å². The second-order valence-electron chi connectivity index (χ2n) is 6.00. The fourth-order valence-corrected chi connectivity index (χ4v) is 2.33. The molecule has 1 aromatic carbocycles. The molecule has 0 saturated carbocycles. The SMILES string of the molecule is CC(C)CC(C)N(C)C(C)C(=O)Nc1cccc(C#N)c1. The number of hydrogen-bond donors (Lipinski definition) is 1. The summed E-state index contributed by atoms with van der Waals surface area (Å²) in [6, 6.07) is 9.16. The quantitative estimate of drug-likeness (QED) is 0.873. The lowest BCUT2D eigenvalue weighted by Gasteiger charge is -2.31. The Morgan fingerprint density at radius 1 is 1.33 bits per heavy atom. The molecule has 4 nitrogen and oxygen atoms in total. The molecule has 1 N–H and O–H groups in total. The molecule has 1 aromatic rings. The van der Waals surface area contributed by atoms with Gasteiger partial charge in [-0.2, -0.15) is 5.26 Å². The molecule has 0 aromatic heterocycles. The molecule has 0 radical (unpaired) electrons. The molecule has 0 fully saturated rings. The molecular formula is C17H25N3O. The number of likely N-dealkylation sites (N-methyl/N-ethyl adjacent to an activating group) is 1. The van der Waals surface area contributed by atoms with Crippen LogP contribution in [0.15, 0.2) is 24.3 Å². The number of nitrogens with one attached hydrogen (secondary N) is 1. The topological polar surface area (TPSA) is 56.1 Å². The van der Waals surface area contributed by atoms with Crippen molar-refractivity contribution in [3.05, 3.63) is 29.8 Å². The van der Waals surface area contributed by atoms with Crippen LogP contribution in [-0.2, 0) is 4.79 Å². The van der Waals surface area contributed by atoms with Crippen molar-refractivity contribution < 1.29 is 4.79 Å². The van der Waals surface area contributed by atoms with Gasteiger partial charge in [-0.1, -0.05) is 19.9 Å². The zero-order chi connectivity index (χ0) is 16.0. The Bertz CT molecular complexity index is 519. The highest BCUT2D eigenvalue weighted by atomic mass is 16.2. The van der Waals surface area contributed by atoms with Gasteiger partial charge in [0.15, 0.2) is 0 Å². The zero-order valence-electron chi connectivity index (χ0n) is 13.6. The summed E-state index contributed by atoms with van der Waals surface area (Å²) < 4.78 is 0. The van der Waals surface area contributed by atoms with E-state index in [9.17, 15) is 4.79 Å². The van der Waals surface area contributed by atoms with Crippen LogP contribution in [0.5, 0.6) is 0 Å². The number of rotatable bonds is 6. The number of hydrogen-bond acceptors (Lipinski definition) is 3. The van der Waals surface area contributed by atoms with Crippen molar-refractivity contribution in [3.8, 4) is 6.07 Å². The summed E-state index contributed by atoms with van der Waals surface area (Å²) in [5, 5.41) is 11.8. The van der Waals surface area contributed by atoms with Gasteiger partial charge in [0.05, 0.1) is 17.7 Å². The zero-order valence-corrected chi connectivity index (χ0v) is 13.6. The second-order valence-corrected chi connectivity index (χ2v) is 6.00. The summed E-state index contributed by atoms with van der Waals surface area (Å²) >= 11 is 0. The van der Waals surface area contributed by atoms with E-state index < -0.39 is 0 Å². The number of carbonyl (C=O) groups excluding carboxylic acids is 1. The Morgan fingerprint density at radius 3 is 2.57 bits per heavy atom. The molecule has 2 unspecified atom stereocenters. The van der Waals surface area contributed by atoms with Gasteiger partial charge in [0.1, 0.15) is 0 Å². The Hall–Kier alpha value is -1.86. The van der Waals surface area contributed by atoms with Crippen molar-refractivity contribution in [1.29, 1.82) is 5.26 Å². The van der Waals surface area contributed by atoms with Crippen molar-refractivity contribution >= 4 is 11.6 Å². The van der Waals surface area contributed by atoms with E-state index in [0.29, 0.717) is 23.2 Å². The molecule has 4 heteroatoms. The minimum Gasteiger partial charge on any atom is -0.325 e. The first-order valence-corrected chi connectivity index (χ1v) is 7.38. The number of nitriles is 1. The Morgan fingerprint density at radius 2 is 2.00 bits per heavy atom. The first kappa shape index (κ1) is 17.2. The molecule has 2 atom stereocenters. The van der Waals surface area contributed by atoms with Gasteiger partial charge >= 0.3 is 0 Å². The van der Waals surface area contributed by atoms with E-state index in [1.54, 1.807) is 24.3 Å². The van der Waals surface area contributed by atoms with E-state index in [1.807, 2.05) is 14.0 Å². The van der Waals surface area contributed by atoms with Gasteiger partial charge in [0.2, 0.25) is 5.91 Å². The van der Waals surface area contributed by atoms with Crippen LogP contribution < -0.4 is 5.32 Å². The highest BCUT2D eigenvalue weighted by molar-refractivity contribution is 5.94. The fraction of sp³-hybridized carbons (Fsp3) is 0.529. The average Bonchev–Trinajstić information content (AvgIpc) is 2.45. The standard InChI is InChI=1S/C17H25N3O/c1-12(2)9-13(3)20(5)14(4)17(21)19-16-8-6-7-15(10-16)11-18/h6-8,10,12-14H,9H2,1-5H3,(H,19,21). The van der Waals surface area contributed by atoms with Crippen LogP contribution in [0.4, 0.5) is 5.69 Å². The number of carbonyl (C=O) groups is 1. The Balaban J connectivity index is 2.67. The van der Waals surface area contributed by atoms with Crippen LogP contribution in [-0.4, -0.2) is 29.9 Å². The lowest BCUT2D eigenvalue weighted by atomic mass is 10.0. The minimum absolute atomic E-state index is 0.0526. The molecule has 0 spiro atoms. The van der Waals surface area contributed by atoms with E-state index in [4.69, 9.17) is 5.26 Å². The predicted octanol–water partition coefficient (Wildman–Crippen LogP) is 3.25. The lowest BCUT2D eigenvalue weighted by molar-refractivity contribution is -0.121. The number of amides is 1. The minimum atomic E-state index is -0.218. The normalized spacial score (nSPS) is 13.8. The van der Waals surface area contributed by atoms with Gasteiger partial charge in [-0.05, 0) is 51.4 Å².